The fourth-order valence-electron chi connectivity index (χ4n) is 2.72. The zero-order valence-electron chi connectivity index (χ0n) is 25.6. The van der Waals surface area contributed by atoms with Crippen molar-refractivity contribution in [3.8, 4) is 17.2 Å². The Morgan fingerprint density at radius 3 is 1.38 bits per heavy atom. The fraction of sp³-hybridized carbons (Fsp3) is 0.724. The van der Waals surface area contributed by atoms with Crippen molar-refractivity contribution in [3.05, 3.63) is 17.7 Å². The van der Waals surface area contributed by atoms with Crippen molar-refractivity contribution in [2.24, 2.45) is 10.8 Å². The quantitative estimate of drug-likeness (QED) is 0.192. The van der Waals surface area contributed by atoms with E-state index in [0.29, 0.717) is 75.7 Å². The Hall–Kier alpha value is -2.24. The van der Waals surface area contributed by atoms with Crippen molar-refractivity contribution in [2.75, 3.05) is 87.9 Å². The van der Waals surface area contributed by atoms with Gasteiger partial charge in [-0.15, -0.1) is 0 Å². The molecule has 0 radical (unpaired) electrons. The fourth-order valence-corrected chi connectivity index (χ4v) is 2.72. The molecule has 0 aliphatic rings. The first-order valence-electron chi connectivity index (χ1n) is 13.0. The molecule has 0 bridgehead atoms. The van der Waals surface area contributed by atoms with Crippen molar-refractivity contribution in [1.82, 2.24) is 0 Å². The van der Waals surface area contributed by atoms with Crippen LogP contribution in [0.1, 0.15) is 51.9 Å². The summed E-state index contributed by atoms with van der Waals surface area (Å²) in [4.78, 5) is 24.0. The van der Waals surface area contributed by atoms with Crippen LogP contribution >= 0.6 is 0 Å². The molecule has 0 spiro atoms. The molecular formula is C29H50O10. The Morgan fingerprint density at radius 2 is 1.00 bits per heavy atom. The van der Waals surface area contributed by atoms with E-state index in [4.69, 9.17) is 37.9 Å². The smallest absolute Gasteiger partial charge is 0.203 e. The molecule has 0 atom stereocenters. The number of hydrogen-bond donors (Lipinski definition) is 0. The van der Waals surface area contributed by atoms with Gasteiger partial charge in [0, 0.05) is 44.8 Å². The number of benzene rings is 1. The Bertz CT molecular complexity index is 793. The average Bonchev–Trinajstić information content (AvgIpc) is 2.86. The lowest BCUT2D eigenvalue weighted by atomic mass is 9.86. The highest BCUT2D eigenvalue weighted by molar-refractivity contribution is 6.00. The molecule has 0 amide bonds. The van der Waals surface area contributed by atoms with Crippen LogP contribution in [0.25, 0.3) is 0 Å². The van der Waals surface area contributed by atoms with E-state index in [1.807, 2.05) is 41.5 Å². The van der Waals surface area contributed by atoms with Gasteiger partial charge in [-0.25, -0.2) is 0 Å². The first-order chi connectivity index (χ1) is 18.3. The third-order valence-electron chi connectivity index (χ3n) is 5.09. The molecule has 0 N–H and O–H groups in total. The van der Waals surface area contributed by atoms with Crippen molar-refractivity contribution in [3.63, 3.8) is 0 Å². The van der Waals surface area contributed by atoms with Crippen LogP contribution in [0.5, 0.6) is 17.2 Å². The molecule has 226 valence electrons. The maximum Gasteiger partial charge on any atom is 0.203 e. The van der Waals surface area contributed by atoms with E-state index in [0.717, 1.165) is 0 Å². The van der Waals surface area contributed by atoms with Gasteiger partial charge in [-0.1, -0.05) is 41.5 Å². The molecular weight excluding hydrogens is 508 g/mol. The van der Waals surface area contributed by atoms with E-state index in [9.17, 15) is 9.59 Å². The van der Waals surface area contributed by atoms with Gasteiger partial charge in [-0.05, 0) is 12.1 Å². The summed E-state index contributed by atoms with van der Waals surface area (Å²) in [6.45, 7) is 14.7. The summed E-state index contributed by atoms with van der Waals surface area (Å²) < 4.78 is 42.4. The zero-order valence-corrected chi connectivity index (χ0v) is 25.6. The van der Waals surface area contributed by atoms with Crippen LogP contribution in [0.4, 0.5) is 0 Å². The number of carbonyl (C=O) groups excluding carboxylic acids is 2. The molecule has 0 unspecified atom stereocenters. The average molecular weight is 559 g/mol. The Kier molecular flexibility index (Phi) is 18.6. The van der Waals surface area contributed by atoms with Gasteiger partial charge < -0.3 is 37.9 Å². The minimum Gasteiger partial charge on any atom is -0.487 e. The van der Waals surface area contributed by atoms with Crippen LogP contribution in [0.2, 0.25) is 0 Å². The van der Waals surface area contributed by atoms with E-state index in [-0.39, 0.29) is 23.6 Å². The summed E-state index contributed by atoms with van der Waals surface area (Å²) in [5, 5.41) is 0. The Labute approximate surface area is 234 Å². The second-order valence-corrected chi connectivity index (χ2v) is 10.6. The molecule has 0 aromatic heterocycles. The van der Waals surface area contributed by atoms with Crippen LogP contribution in [0, 0.1) is 10.8 Å². The third-order valence-corrected chi connectivity index (χ3v) is 5.09. The lowest BCUT2D eigenvalue weighted by Crippen LogP contribution is -2.25. The molecule has 0 aliphatic carbocycles. The molecule has 1 aromatic carbocycles. The number of carbonyl (C=O) groups is 2. The van der Waals surface area contributed by atoms with Crippen LogP contribution < -0.4 is 14.2 Å². The van der Waals surface area contributed by atoms with Crippen LogP contribution in [-0.2, 0) is 28.5 Å². The van der Waals surface area contributed by atoms with E-state index in [1.54, 1.807) is 40.6 Å². The number of hydrogen-bond acceptors (Lipinski definition) is 10. The summed E-state index contributed by atoms with van der Waals surface area (Å²) in [6.07, 6.45) is 0. The van der Waals surface area contributed by atoms with Gasteiger partial charge in [-0.3, -0.25) is 9.59 Å². The predicted octanol–water partition coefficient (Wildman–Crippen LogP) is 4.26. The maximum absolute atomic E-state index is 12.8. The molecule has 0 saturated heterocycles. The van der Waals surface area contributed by atoms with Crippen molar-refractivity contribution in [1.29, 1.82) is 0 Å². The number of Topliss-reactive ketones (excluding diaryl/α,β-unsaturated/α-hetero) is 2. The molecule has 10 nitrogen and oxygen atoms in total. The highest BCUT2D eigenvalue weighted by Crippen LogP contribution is 2.40. The first kappa shape index (κ1) is 36.8. The molecule has 10 heteroatoms. The SMILES string of the molecule is COCCOCC(=O)C(C)(C)C.COCCOc1cc(C(=O)C(C)(C)C)cc(OCCOC)c1OCCOC. The third kappa shape index (κ3) is 15.8. The standard InChI is InChI=1S/C20H32O7.C9H18O3/c1-20(2,3)19(21)15-13-16(25-10-7-22-4)18(27-12-9-24-6)17(14-15)26-11-8-23-5;1-9(2,3)8(10)7-12-6-5-11-4/h13-14H,7-12H2,1-6H3;5-7H2,1-4H3. The van der Waals surface area contributed by atoms with Gasteiger partial charge in [0.1, 0.15) is 26.4 Å². The second-order valence-electron chi connectivity index (χ2n) is 10.6. The van der Waals surface area contributed by atoms with Crippen molar-refractivity contribution >= 4 is 11.6 Å². The first-order valence-corrected chi connectivity index (χ1v) is 13.0. The number of ketones is 2. The summed E-state index contributed by atoms with van der Waals surface area (Å²) in [5.74, 6) is 1.42. The lowest BCUT2D eigenvalue weighted by molar-refractivity contribution is -0.131. The normalized spacial score (nSPS) is 11.4. The van der Waals surface area contributed by atoms with E-state index in [2.05, 4.69) is 0 Å². The van der Waals surface area contributed by atoms with Crippen LogP contribution in [-0.4, -0.2) is 99.5 Å². The number of rotatable bonds is 18. The molecule has 39 heavy (non-hydrogen) atoms. The summed E-state index contributed by atoms with van der Waals surface area (Å²) in [7, 11) is 6.39. The lowest BCUT2D eigenvalue weighted by Gasteiger charge is -2.21. The summed E-state index contributed by atoms with van der Waals surface area (Å²) in [6, 6.07) is 3.38. The van der Waals surface area contributed by atoms with Gasteiger partial charge in [0.15, 0.2) is 23.1 Å². The molecule has 0 aliphatic heterocycles. The molecule has 0 heterocycles. The van der Waals surface area contributed by atoms with Gasteiger partial charge >= 0.3 is 0 Å². The summed E-state index contributed by atoms with van der Waals surface area (Å²) >= 11 is 0. The van der Waals surface area contributed by atoms with E-state index < -0.39 is 5.41 Å². The Balaban J connectivity index is 0.00000101. The molecule has 0 fully saturated rings. The predicted molar refractivity (Wildman–Crippen MR) is 149 cm³/mol. The minimum absolute atomic E-state index is 0.0147. The van der Waals surface area contributed by atoms with Crippen molar-refractivity contribution < 1.29 is 47.5 Å². The highest BCUT2D eigenvalue weighted by Gasteiger charge is 2.26. The Morgan fingerprint density at radius 1 is 0.590 bits per heavy atom. The second kappa shape index (κ2) is 19.8. The topological polar surface area (TPSA) is 108 Å². The van der Waals surface area contributed by atoms with E-state index in [1.165, 1.54) is 0 Å². The molecule has 1 rings (SSSR count). The van der Waals surface area contributed by atoms with E-state index >= 15 is 0 Å². The highest BCUT2D eigenvalue weighted by atomic mass is 16.6. The van der Waals surface area contributed by atoms with Gasteiger partial charge in [0.25, 0.3) is 0 Å². The van der Waals surface area contributed by atoms with Crippen molar-refractivity contribution in [2.45, 2.75) is 41.5 Å². The largest absolute Gasteiger partial charge is 0.487 e. The zero-order chi connectivity index (χ0) is 29.9. The molecule has 1 aromatic rings. The van der Waals surface area contributed by atoms with Gasteiger partial charge in [0.2, 0.25) is 5.75 Å². The monoisotopic (exact) mass is 558 g/mol. The maximum atomic E-state index is 12.8. The number of ether oxygens (including phenoxy) is 8. The van der Waals surface area contributed by atoms with Crippen LogP contribution in [0.3, 0.4) is 0 Å². The minimum atomic E-state index is -0.536. The van der Waals surface area contributed by atoms with Crippen LogP contribution in [0.15, 0.2) is 12.1 Å². The molecule has 0 saturated carbocycles. The number of methoxy groups -OCH3 is 4. The summed E-state index contributed by atoms with van der Waals surface area (Å²) in [5.41, 5.74) is -0.333. The van der Waals surface area contributed by atoms with Gasteiger partial charge in [0.05, 0.1) is 33.0 Å². The van der Waals surface area contributed by atoms with Gasteiger partial charge in [-0.2, -0.15) is 0 Å².